The molecule has 0 fully saturated rings. The second-order valence-electron chi connectivity index (χ2n) is 4.88. The first-order chi connectivity index (χ1) is 8.14. The van der Waals surface area contributed by atoms with Crippen LogP contribution in [0, 0.1) is 17.0 Å². The lowest BCUT2D eigenvalue weighted by Crippen LogP contribution is -2.46. The van der Waals surface area contributed by atoms with Crippen molar-refractivity contribution in [3.63, 3.8) is 0 Å². The Kier molecular flexibility index (Phi) is 3.54. The second kappa shape index (κ2) is 4.59. The van der Waals surface area contributed by atoms with Gasteiger partial charge >= 0.3 is 6.09 Å². The molecule has 0 saturated heterocycles. The van der Waals surface area contributed by atoms with Crippen molar-refractivity contribution in [1.29, 1.82) is 0 Å². The van der Waals surface area contributed by atoms with Gasteiger partial charge in [-0.15, -0.1) is 0 Å². The largest absolute Gasteiger partial charge is 0.465 e. The highest BCUT2D eigenvalue weighted by Gasteiger charge is 2.30. The van der Waals surface area contributed by atoms with E-state index in [9.17, 15) is 20.0 Å². The highest BCUT2D eigenvalue weighted by atomic mass is 16.6. The van der Waals surface area contributed by atoms with Gasteiger partial charge in [-0.2, -0.15) is 0 Å². The molecule has 1 N–H and O–H groups in total. The monoisotopic (exact) mass is 253 g/mol. The van der Waals surface area contributed by atoms with E-state index in [0.29, 0.717) is 5.56 Å². The third-order valence-corrected chi connectivity index (χ3v) is 2.32. The molecule has 18 heavy (non-hydrogen) atoms. The zero-order valence-electron chi connectivity index (χ0n) is 10.7. The molecule has 0 radical (unpaired) electrons. The fraction of sp³-hybridized carbons (Fsp3) is 0.455. The quantitative estimate of drug-likeness (QED) is 0.645. The van der Waals surface area contributed by atoms with Crippen LogP contribution >= 0.6 is 0 Å². The molecule has 1 heterocycles. The summed E-state index contributed by atoms with van der Waals surface area (Å²) in [6.07, 6.45) is -0.0868. The summed E-state index contributed by atoms with van der Waals surface area (Å²) >= 11 is 0. The molecule has 1 rings (SSSR count). The van der Waals surface area contributed by atoms with Crippen molar-refractivity contribution < 1.29 is 14.8 Å². The van der Waals surface area contributed by atoms with Gasteiger partial charge in [-0.05, 0) is 33.3 Å². The van der Waals surface area contributed by atoms with Crippen LogP contribution < -0.4 is 4.90 Å². The fourth-order valence-corrected chi connectivity index (χ4v) is 1.58. The van der Waals surface area contributed by atoms with Crippen molar-refractivity contribution in [2.24, 2.45) is 0 Å². The Balaban J connectivity index is 3.31. The Morgan fingerprint density at radius 3 is 2.39 bits per heavy atom. The number of aryl methyl sites for hydroxylation is 1. The van der Waals surface area contributed by atoms with Crippen molar-refractivity contribution >= 4 is 17.6 Å². The topological polar surface area (TPSA) is 96.6 Å². The van der Waals surface area contributed by atoms with Gasteiger partial charge in [0.25, 0.3) is 5.69 Å². The maximum atomic E-state index is 11.3. The first-order valence-corrected chi connectivity index (χ1v) is 5.29. The van der Waals surface area contributed by atoms with E-state index in [2.05, 4.69) is 4.98 Å². The Morgan fingerprint density at radius 1 is 1.50 bits per heavy atom. The number of amides is 1. The molecule has 7 nitrogen and oxygen atoms in total. The lowest BCUT2D eigenvalue weighted by Gasteiger charge is -2.32. The van der Waals surface area contributed by atoms with Gasteiger partial charge in [-0.1, -0.05) is 0 Å². The zero-order valence-corrected chi connectivity index (χ0v) is 10.7. The summed E-state index contributed by atoms with van der Waals surface area (Å²) in [5, 5.41) is 19.8. The Bertz CT molecular complexity index is 494. The third-order valence-electron chi connectivity index (χ3n) is 2.32. The number of carboxylic acid groups (broad SMARTS) is 1. The summed E-state index contributed by atoms with van der Waals surface area (Å²) in [7, 11) is 0. The van der Waals surface area contributed by atoms with Crippen molar-refractivity contribution in [3.05, 3.63) is 27.9 Å². The molecule has 0 aliphatic rings. The molecule has 1 aromatic heterocycles. The number of nitrogens with zero attached hydrogens (tertiary/aromatic N) is 3. The molecular formula is C11H15N3O4. The molecule has 0 spiro atoms. The van der Waals surface area contributed by atoms with Crippen molar-refractivity contribution in [3.8, 4) is 0 Å². The summed E-state index contributed by atoms with van der Waals surface area (Å²) in [6.45, 7) is 6.77. The number of pyridine rings is 1. The summed E-state index contributed by atoms with van der Waals surface area (Å²) in [5.74, 6) is 0.209. The van der Waals surface area contributed by atoms with Crippen LogP contribution in [0.1, 0.15) is 26.3 Å². The Labute approximate surface area is 104 Å². The van der Waals surface area contributed by atoms with Gasteiger partial charge in [-0.3, -0.25) is 15.0 Å². The van der Waals surface area contributed by atoms with Gasteiger partial charge in [0.1, 0.15) is 12.0 Å². The maximum Gasteiger partial charge on any atom is 0.413 e. The molecule has 0 atom stereocenters. The molecule has 1 amide bonds. The number of carbonyl (C=O) groups is 1. The predicted octanol–water partition coefficient (Wildman–Crippen LogP) is 2.58. The molecule has 0 aliphatic carbocycles. The molecule has 0 bridgehead atoms. The minimum Gasteiger partial charge on any atom is -0.465 e. The fourth-order valence-electron chi connectivity index (χ4n) is 1.58. The number of hydrogen-bond donors (Lipinski definition) is 1. The number of aromatic nitrogens is 1. The van der Waals surface area contributed by atoms with Crippen LogP contribution in [0.25, 0.3) is 0 Å². The first kappa shape index (κ1) is 13.9. The van der Waals surface area contributed by atoms with Crippen LogP contribution in [-0.4, -0.2) is 26.6 Å². The van der Waals surface area contributed by atoms with Crippen molar-refractivity contribution in [1.82, 2.24) is 4.98 Å². The van der Waals surface area contributed by atoms with E-state index in [1.165, 1.54) is 6.07 Å². The smallest absolute Gasteiger partial charge is 0.413 e. The van der Waals surface area contributed by atoms with E-state index in [0.717, 1.165) is 11.1 Å². The van der Waals surface area contributed by atoms with Crippen molar-refractivity contribution in [2.75, 3.05) is 4.90 Å². The highest BCUT2D eigenvalue weighted by molar-refractivity contribution is 5.87. The molecule has 1 aromatic rings. The Hall–Kier alpha value is -2.18. The average molecular weight is 253 g/mol. The van der Waals surface area contributed by atoms with E-state index < -0.39 is 16.6 Å². The van der Waals surface area contributed by atoms with Crippen molar-refractivity contribution in [2.45, 2.75) is 33.2 Å². The van der Waals surface area contributed by atoms with Crippen LogP contribution in [0.15, 0.2) is 12.3 Å². The van der Waals surface area contributed by atoms with Crippen LogP contribution in [0.5, 0.6) is 0 Å². The van der Waals surface area contributed by atoms with Gasteiger partial charge in [0.15, 0.2) is 0 Å². The summed E-state index contributed by atoms with van der Waals surface area (Å²) in [4.78, 5) is 26.3. The molecule has 0 saturated carbocycles. The highest BCUT2D eigenvalue weighted by Crippen LogP contribution is 2.27. The molecule has 0 aliphatic heterocycles. The minimum atomic E-state index is -1.15. The zero-order chi connectivity index (χ0) is 14.1. The lowest BCUT2D eigenvalue weighted by molar-refractivity contribution is -0.385. The lowest BCUT2D eigenvalue weighted by atomic mass is 10.1. The summed E-state index contributed by atoms with van der Waals surface area (Å²) in [6, 6.07) is 1.31. The molecule has 98 valence electrons. The van der Waals surface area contributed by atoms with Crippen LogP contribution in [0.2, 0.25) is 0 Å². The average Bonchev–Trinajstić information content (AvgIpc) is 2.17. The number of nitro groups is 1. The number of hydrogen-bond acceptors (Lipinski definition) is 4. The minimum absolute atomic E-state index is 0.157. The first-order valence-electron chi connectivity index (χ1n) is 5.29. The molecular weight excluding hydrogens is 238 g/mol. The normalized spacial score (nSPS) is 11.1. The van der Waals surface area contributed by atoms with E-state index in [1.807, 2.05) is 0 Å². The number of anilines is 1. The summed E-state index contributed by atoms with van der Waals surface area (Å²) in [5.41, 5.74) is -0.392. The SMILES string of the molecule is Cc1cc([N+](=O)[O-])cnc1N(C(=O)O)C(C)(C)C. The summed E-state index contributed by atoms with van der Waals surface area (Å²) < 4.78 is 0. The van der Waals surface area contributed by atoms with Gasteiger partial charge in [0.05, 0.1) is 4.92 Å². The van der Waals surface area contributed by atoms with E-state index >= 15 is 0 Å². The van der Waals surface area contributed by atoms with Gasteiger partial charge < -0.3 is 5.11 Å². The second-order valence-corrected chi connectivity index (χ2v) is 4.88. The van der Waals surface area contributed by atoms with E-state index in [1.54, 1.807) is 27.7 Å². The van der Waals surface area contributed by atoms with Gasteiger partial charge in [-0.25, -0.2) is 9.78 Å². The molecule has 0 aromatic carbocycles. The standard InChI is InChI=1S/C11H15N3O4/c1-7-5-8(14(17)18)6-12-9(7)13(10(15)16)11(2,3)4/h5-6H,1-4H3,(H,15,16). The van der Waals surface area contributed by atoms with E-state index in [-0.39, 0.29) is 11.5 Å². The van der Waals surface area contributed by atoms with Crippen LogP contribution in [0.4, 0.5) is 16.3 Å². The van der Waals surface area contributed by atoms with Crippen LogP contribution in [0.3, 0.4) is 0 Å². The maximum absolute atomic E-state index is 11.3. The Morgan fingerprint density at radius 2 is 2.06 bits per heavy atom. The van der Waals surface area contributed by atoms with E-state index in [4.69, 9.17) is 0 Å². The molecule has 7 heteroatoms. The predicted molar refractivity (Wildman–Crippen MR) is 65.9 cm³/mol. The van der Waals surface area contributed by atoms with Gasteiger partial charge in [0, 0.05) is 11.6 Å². The number of rotatable bonds is 2. The molecule has 0 unspecified atom stereocenters. The third kappa shape index (κ3) is 2.73. The van der Waals surface area contributed by atoms with Gasteiger partial charge in [0.2, 0.25) is 0 Å². The van der Waals surface area contributed by atoms with Crippen LogP contribution in [-0.2, 0) is 0 Å².